The number of urea groups is 1. The van der Waals surface area contributed by atoms with E-state index in [1.54, 1.807) is 36.4 Å². The van der Waals surface area contributed by atoms with Crippen LogP contribution in [0.25, 0.3) is 6.08 Å². The van der Waals surface area contributed by atoms with Gasteiger partial charge in [-0.15, -0.1) is 0 Å². The van der Waals surface area contributed by atoms with E-state index in [0.717, 1.165) is 4.90 Å². The smallest absolute Gasteiger partial charge is 0.335 e. The molecule has 28 heavy (non-hydrogen) atoms. The van der Waals surface area contributed by atoms with Crippen molar-refractivity contribution in [1.29, 1.82) is 0 Å². The summed E-state index contributed by atoms with van der Waals surface area (Å²) in [6.45, 7) is 2.20. The van der Waals surface area contributed by atoms with E-state index < -0.39 is 17.8 Å². The maximum atomic E-state index is 12.9. The molecule has 2 aromatic carbocycles. The van der Waals surface area contributed by atoms with Crippen molar-refractivity contribution in [3.05, 3.63) is 58.6 Å². The van der Waals surface area contributed by atoms with Crippen molar-refractivity contribution < 1.29 is 23.9 Å². The van der Waals surface area contributed by atoms with E-state index in [2.05, 4.69) is 5.32 Å². The summed E-state index contributed by atoms with van der Waals surface area (Å²) in [5, 5.41) is 2.53. The average Bonchev–Trinajstić information content (AvgIpc) is 2.66. The third-order valence-electron chi connectivity index (χ3n) is 3.99. The highest BCUT2D eigenvalue weighted by molar-refractivity contribution is 6.39. The van der Waals surface area contributed by atoms with Crippen molar-refractivity contribution in [3.8, 4) is 11.5 Å². The van der Waals surface area contributed by atoms with Crippen LogP contribution in [0.1, 0.15) is 12.5 Å². The Morgan fingerprint density at radius 2 is 1.93 bits per heavy atom. The van der Waals surface area contributed by atoms with Crippen molar-refractivity contribution in [1.82, 2.24) is 5.32 Å². The molecule has 1 aliphatic heterocycles. The van der Waals surface area contributed by atoms with Gasteiger partial charge >= 0.3 is 6.03 Å². The third-order valence-corrected chi connectivity index (χ3v) is 4.22. The molecule has 1 saturated heterocycles. The molecule has 1 fully saturated rings. The van der Waals surface area contributed by atoms with E-state index in [1.165, 1.54) is 19.3 Å². The molecule has 1 aliphatic rings. The molecule has 144 valence electrons. The van der Waals surface area contributed by atoms with Crippen molar-refractivity contribution in [2.45, 2.75) is 6.92 Å². The van der Waals surface area contributed by atoms with Crippen LogP contribution < -0.4 is 19.7 Å². The van der Waals surface area contributed by atoms with Gasteiger partial charge in [-0.25, -0.2) is 9.69 Å². The second-order valence-corrected chi connectivity index (χ2v) is 6.21. The van der Waals surface area contributed by atoms with E-state index >= 15 is 0 Å². The number of nitrogens with one attached hydrogen (secondary N) is 1. The molecule has 0 saturated carbocycles. The van der Waals surface area contributed by atoms with Crippen LogP contribution >= 0.6 is 11.6 Å². The quantitative estimate of drug-likeness (QED) is 0.614. The van der Waals surface area contributed by atoms with Crippen LogP contribution in [0, 0.1) is 0 Å². The number of carbonyl (C=O) groups is 3. The number of methoxy groups -OCH3 is 1. The van der Waals surface area contributed by atoms with Gasteiger partial charge in [-0.3, -0.25) is 14.9 Å². The Kier molecular flexibility index (Phi) is 5.65. The van der Waals surface area contributed by atoms with Gasteiger partial charge in [0.2, 0.25) is 0 Å². The lowest BCUT2D eigenvalue weighted by atomic mass is 10.1. The monoisotopic (exact) mass is 400 g/mol. The minimum atomic E-state index is -0.839. The second kappa shape index (κ2) is 8.14. The molecule has 0 radical (unpaired) electrons. The maximum Gasteiger partial charge on any atom is 0.335 e. The van der Waals surface area contributed by atoms with Crippen LogP contribution in [-0.4, -0.2) is 31.6 Å². The molecule has 7 nitrogen and oxygen atoms in total. The Bertz CT molecular complexity index is 986. The highest BCUT2D eigenvalue weighted by atomic mass is 35.5. The first-order valence-corrected chi connectivity index (χ1v) is 8.80. The second-order valence-electron chi connectivity index (χ2n) is 5.77. The molecular weight excluding hydrogens is 384 g/mol. The van der Waals surface area contributed by atoms with Gasteiger partial charge in [-0.2, -0.15) is 0 Å². The van der Waals surface area contributed by atoms with Crippen molar-refractivity contribution in [2.75, 3.05) is 18.6 Å². The predicted molar refractivity (Wildman–Crippen MR) is 105 cm³/mol. The predicted octanol–water partition coefficient (Wildman–Crippen LogP) is 3.41. The average molecular weight is 401 g/mol. The van der Waals surface area contributed by atoms with Crippen LogP contribution in [0.15, 0.2) is 48.0 Å². The van der Waals surface area contributed by atoms with Gasteiger partial charge in [-0.05, 0) is 43.3 Å². The summed E-state index contributed by atoms with van der Waals surface area (Å²) in [5.74, 6) is -0.525. The van der Waals surface area contributed by atoms with Gasteiger partial charge in [0.1, 0.15) is 17.1 Å². The van der Waals surface area contributed by atoms with Gasteiger partial charge < -0.3 is 9.47 Å². The number of imide groups is 2. The van der Waals surface area contributed by atoms with Crippen LogP contribution in [0.3, 0.4) is 0 Å². The molecule has 4 amide bonds. The molecule has 0 bridgehead atoms. The third kappa shape index (κ3) is 3.84. The minimum absolute atomic E-state index is 0.203. The number of amides is 4. The number of nitrogens with zero attached hydrogens (tertiary/aromatic N) is 1. The fourth-order valence-electron chi connectivity index (χ4n) is 2.70. The number of barbiturate groups is 1. The number of anilines is 1. The molecule has 3 rings (SSSR count). The van der Waals surface area contributed by atoms with Crippen molar-refractivity contribution >= 4 is 41.2 Å². The number of hydrogen-bond donors (Lipinski definition) is 1. The van der Waals surface area contributed by atoms with E-state index in [1.807, 2.05) is 6.92 Å². The van der Waals surface area contributed by atoms with E-state index in [-0.39, 0.29) is 11.3 Å². The largest absolute Gasteiger partial charge is 0.497 e. The molecule has 0 unspecified atom stereocenters. The van der Waals surface area contributed by atoms with Crippen LogP contribution in [0.5, 0.6) is 11.5 Å². The molecule has 1 heterocycles. The zero-order valence-corrected chi connectivity index (χ0v) is 15.9. The zero-order valence-electron chi connectivity index (χ0n) is 15.2. The van der Waals surface area contributed by atoms with Gasteiger partial charge in [0.25, 0.3) is 11.8 Å². The first-order valence-electron chi connectivity index (χ1n) is 8.42. The van der Waals surface area contributed by atoms with Gasteiger partial charge in [0, 0.05) is 16.7 Å². The van der Waals surface area contributed by atoms with Crippen molar-refractivity contribution in [3.63, 3.8) is 0 Å². The van der Waals surface area contributed by atoms with Crippen molar-refractivity contribution in [2.24, 2.45) is 0 Å². The topological polar surface area (TPSA) is 84.9 Å². The Hall–Kier alpha value is -3.32. The zero-order chi connectivity index (χ0) is 20.3. The summed E-state index contributed by atoms with van der Waals surface area (Å²) < 4.78 is 10.8. The molecule has 0 aromatic heterocycles. The lowest BCUT2D eigenvalue weighted by Gasteiger charge is -2.26. The molecule has 0 atom stereocenters. The first-order chi connectivity index (χ1) is 13.4. The van der Waals surface area contributed by atoms with E-state index in [4.69, 9.17) is 21.1 Å². The SMILES string of the molecule is CCOc1cc(OC)ccc1/C=C1\C(=O)NC(=O)N(c2cccc(Cl)c2)C1=O. The van der Waals surface area contributed by atoms with Gasteiger partial charge in [0.05, 0.1) is 19.4 Å². The summed E-state index contributed by atoms with van der Waals surface area (Å²) in [6, 6.07) is 10.4. The summed E-state index contributed by atoms with van der Waals surface area (Å²) in [4.78, 5) is 38.3. The van der Waals surface area contributed by atoms with Crippen LogP contribution in [0.2, 0.25) is 5.02 Å². The molecule has 2 aromatic rings. The first kappa shape index (κ1) is 19.4. The standard InChI is InChI=1S/C20H17ClN2O5/c1-3-28-17-11-15(27-2)8-7-12(17)9-16-18(24)22-20(26)23(19(16)25)14-6-4-5-13(21)10-14/h4-11H,3H2,1-2H3,(H,22,24,26)/b16-9+. The maximum absolute atomic E-state index is 12.9. The number of ether oxygens (including phenoxy) is 2. The lowest BCUT2D eigenvalue weighted by molar-refractivity contribution is -0.122. The number of carbonyl (C=O) groups excluding carboxylic acids is 3. The normalized spacial score (nSPS) is 15.6. The van der Waals surface area contributed by atoms with Gasteiger partial charge in [-0.1, -0.05) is 17.7 Å². The number of rotatable bonds is 5. The Labute approximate surface area is 166 Å². The highest BCUT2D eigenvalue weighted by Crippen LogP contribution is 2.29. The van der Waals surface area contributed by atoms with Crippen LogP contribution in [0.4, 0.5) is 10.5 Å². The summed E-state index contributed by atoms with van der Waals surface area (Å²) in [6.07, 6.45) is 1.38. The fraction of sp³-hybridized carbons (Fsp3) is 0.150. The fourth-order valence-corrected chi connectivity index (χ4v) is 2.89. The number of hydrogen-bond acceptors (Lipinski definition) is 5. The highest BCUT2D eigenvalue weighted by Gasteiger charge is 2.37. The molecule has 0 spiro atoms. The minimum Gasteiger partial charge on any atom is -0.497 e. The lowest BCUT2D eigenvalue weighted by Crippen LogP contribution is -2.54. The number of benzene rings is 2. The van der Waals surface area contributed by atoms with Crippen LogP contribution in [-0.2, 0) is 9.59 Å². The van der Waals surface area contributed by atoms with E-state index in [0.29, 0.717) is 28.7 Å². The summed E-state index contributed by atoms with van der Waals surface area (Å²) >= 11 is 5.96. The Balaban J connectivity index is 2.04. The Morgan fingerprint density at radius 1 is 1.14 bits per heavy atom. The van der Waals surface area contributed by atoms with Gasteiger partial charge in [0.15, 0.2) is 0 Å². The molecule has 1 N–H and O–H groups in total. The summed E-state index contributed by atoms with van der Waals surface area (Å²) in [5.41, 5.74) is 0.556. The molecular formula is C20H17ClN2O5. The Morgan fingerprint density at radius 3 is 2.61 bits per heavy atom. The molecule has 8 heteroatoms. The molecule has 0 aliphatic carbocycles. The van der Waals surface area contributed by atoms with E-state index in [9.17, 15) is 14.4 Å². The number of halogens is 1. The summed E-state index contributed by atoms with van der Waals surface area (Å²) in [7, 11) is 1.52.